The summed E-state index contributed by atoms with van der Waals surface area (Å²) in [5.41, 5.74) is 3.17. The Balaban J connectivity index is 1.40. The van der Waals surface area contributed by atoms with E-state index < -0.39 is 23.5 Å². The quantitative estimate of drug-likeness (QED) is 0.234. The number of carbonyl (C=O) groups excluding carboxylic acids is 2. The van der Waals surface area contributed by atoms with Gasteiger partial charge in [0.15, 0.2) is 0 Å². The minimum absolute atomic E-state index is 0.0320. The second-order valence-electron chi connectivity index (χ2n) is 10.5. The van der Waals surface area contributed by atoms with Crippen molar-refractivity contribution in [2.75, 3.05) is 46.5 Å². The molecule has 2 aliphatic heterocycles. The first kappa shape index (κ1) is 28.4. The maximum Gasteiger partial charge on any atom is 0.295 e. The zero-order chi connectivity index (χ0) is 28.8. The lowest BCUT2D eigenvalue weighted by Crippen LogP contribution is -3.14. The minimum atomic E-state index is -0.783. The van der Waals surface area contributed by atoms with E-state index in [1.807, 2.05) is 31.2 Å². The number of ketones is 1. The molecule has 0 aromatic heterocycles. The van der Waals surface area contributed by atoms with Crippen LogP contribution in [0.2, 0.25) is 0 Å². The zero-order valence-electron chi connectivity index (χ0n) is 23.6. The van der Waals surface area contributed by atoms with Gasteiger partial charge in [0.1, 0.15) is 31.2 Å². The van der Waals surface area contributed by atoms with Crippen LogP contribution in [0, 0.1) is 6.92 Å². The summed E-state index contributed by atoms with van der Waals surface area (Å²) in [5, 5.41) is 13.8. The molecule has 0 spiro atoms. The van der Waals surface area contributed by atoms with E-state index in [4.69, 9.17) is 14.2 Å². The van der Waals surface area contributed by atoms with Gasteiger partial charge in [-0.3, -0.25) is 9.59 Å². The first-order chi connectivity index (χ1) is 19.9. The third-order valence-electron chi connectivity index (χ3n) is 7.67. The largest absolute Gasteiger partial charge is 0.872 e. The highest BCUT2D eigenvalue weighted by molar-refractivity contribution is 6.46. The second-order valence-corrected chi connectivity index (χ2v) is 10.5. The van der Waals surface area contributed by atoms with Crippen LogP contribution in [0.4, 0.5) is 0 Å². The van der Waals surface area contributed by atoms with Crippen molar-refractivity contribution in [3.8, 4) is 11.5 Å². The molecule has 3 aromatic carbocycles. The van der Waals surface area contributed by atoms with Crippen LogP contribution in [0.3, 0.4) is 0 Å². The van der Waals surface area contributed by atoms with Crippen LogP contribution in [0.1, 0.15) is 34.7 Å². The number of morpholine rings is 1. The first-order valence-corrected chi connectivity index (χ1v) is 14.0. The van der Waals surface area contributed by atoms with E-state index in [0.717, 1.165) is 44.0 Å². The third-order valence-corrected chi connectivity index (χ3v) is 7.67. The van der Waals surface area contributed by atoms with Gasteiger partial charge in [0.2, 0.25) is 5.78 Å². The summed E-state index contributed by atoms with van der Waals surface area (Å²) >= 11 is 0. The normalized spacial score (nSPS) is 19.0. The molecule has 1 atom stereocenters. The van der Waals surface area contributed by atoms with Gasteiger partial charge >= 0.3 is 0 Å². The van der Waals surface area contributed by atoms with Crippen molar-refractivity contribution < 1.29 is 33.8 Å². The Labute approximate surface area is 240 Å². The van der Waals surface area contributed by atoms with Gasteiger partial charge < -0.3 is 29.1 Å². The van der Waals surface area contributed by atoms with Crippen LogP contribution in [0.25, 0.3) is 5.76 Å². The molecule has 2 fully saturated rings. The summed E-state index contributed by atoms with van der Waals surface area (Å²) in [4.78, 5) is 29.6. The molecule has 0 radical (unpaired) electrons. The predicted molar refractivity (Wildman–Crippen MR) is 152 cm³/mol. The number of ether oxygens (including phenoxy) is 3. The molecule has 2 heterocycles. The number of nitrogens with one attached hydrogen (secondary N) is 1. The number of Topliss-reactive ketones (excluding diaryl/α,β-unsaturated/α-hetero) is 1. The van der Waals surface area contributed by atoms with Gasteiger partial charge in [0, 0.05) is 18.5 Å². The molecule has 0 saturated carbocycles. The average Bonchev–Trinajstić information content (AvgIpc) is 3.25. The summed E-state index contributed by atoms with van der Waals surface area (Å²) in [6.45, 7) is 6.97. The zero-order valence-corrected chi connectivity index (χ0v) is 23.6. The summed E-state index contributed by atoms with van der Waals surface area (Å²) < 4.78 is 16.8. The van der Waals surface area contributed by atoms with Crippen molar-refractivity contribution in [1.82, 2.24) is 4.90 Å². The number of benzene rings is 3. The van der Waals surface area contributed by atoms with Crippen LogP contribution in [-0.2, 0) is 20.9 Å². The van der Waals surface area contributed by atoms with E-state index in [9.17, 15) is 14.7 Å². The molecule has 2 saturated heterocycles. The molecule has 214 valence electrons. The lowest BCUT2D eigenvalue weighted by Gasteiger charge is -2.29. The lowest BCUT2D eigenvalue weighted by atomic mass is 9.95. The van der Waals surface area contributed by atoms with Crippen molar-refractivity contribution in [2.24, 2.45) is 0 Å². The number of nitrogens with zero attached hydrogens (tertiary/aromatic N) is 1. The number of amides is 1. The van der Waals surface area contributed by atoms with Gasteiger partial charge in [-0.15, -0.1) is 0 Å². The highest BCUT2D eigenvalue weighted by Crippen LogP contribution is 2.39. The van der Waals surface area contributed by atoms with Crippen LogP contribution < -0.4 is 19.5 Å². The van der Waals surface area contributed by atoms with Gasteiger partial charge in [-0.25, -0.2) is 0 Å². The fourth-order valence-electron chi connectivity index (χ4n) is 5.50. The topological polar surface area (TPSA) is 92.6 Å². The Morgan fingerprint density at radius 1 is 1.00 bits per heavy atom. The van der Waals surface area contributed by atoms with Gasteiger partial charge in [0.25, 0.3) is 5.91 Å². The molecule has 41 heavy (non-hydrogen) atoms. The number of hydrogen-bond acceptors (Lipinski definition) is 6. The van der Waals surface area contributed by atoms with Crippen molar-refractivity contribution in [2.45, 2.75) is 26.0 Å². The van der Waals surface area contributed by atoms with E-state index in [0.29, 0.717) is 42.2 Å². The van der Waals surface area contributed by atoms with Gasteiger partial charge in [-0.05, 0) is 47.9 Å². The number of likely N-dealkylation sites (tertiary alicyclic amines) is 1. The standard InChI is InChI=1S/C33H36N2O6/c1-23-6-3-7-24(20-23)22-41-27-12-10-25(11-13-27)31(36)29-30(26-8-4-9-28(21-26)39-2)35(33(38)32(29)37)15-5-14-34-16-18-40-19-17-34/h3-4,6-13,20-21,30,36H,5,14-19,22H2,1-2H3. The number of carbonyl (C=O) groups is 2. The molecule has 1 N–H and O–H groups in total. The van der Waals surface area contributed by atoms with Crippen molar-refractivity contribution in [3.05, 3.63) is 101 Å². The van der Waals surface area contributed by atoms with Crippen LogP contribution in [0.5, 0.6) is 11.5 Å². The number of aryl methyl sites for hydroxylation is 1. The molecule has 8 heteroatoms. The molecule has 8 nitrogen and oxygen atoms in total. The van der Waals surface area contributed by atoms with Crippen molar-refractivity contribution in [1.29, 1.82) is 0 Å². The third kappa shape index (κ3) is 6.61. The van der Waals surface area contributed by atoms with Gasteiger partial charge in [-0.2, -0.15) is 0 Å². The first-order valence-electron chi connectivity index (χ1n) is 14.0. The Morgan fingerprint density at radius 3 is 2.49 bits per heavy atom. The number of quaternary nitrogens is 1. The molecule has 5 rings (SSSR count). The fourth-order valence-corrected chi connectivity index (χ4v) is 5.50. The summed E-state index contributed by atoms with van der Waals surface area (Å²) in [6, 6.07) is 21.2. The highest BCUT2D eigenvalue weighted by Gasteiger charge is 2.44. The van der Waals surface area contributed by atoms with E-state index in [1.54, 1.807) is 54.5 Å². The average molecular weight is 557 g/mol. The molecule has 1 unspecified atom stereocenters. The molecule has 0 aliphatic carbocycles. The number of methoxy groups -OCH3 is 1. The lowest BCUT2D eigenvalue weighted by molar-refractivity contribution is -0.908. The Hall–Kier alpha value is -4.14. The number of rotatable bonds is 10. The molecular formula is C33H36N2O6. The number of hydrogen-bond donors (Lipinski definition) is 1. The molecule has 1 amide bonds. The second kappa shape index (κ2) is 13.0. The van der Waals surface area contributed by atoms with E-state index in [-0.39, 0.29) is 5.57 Å². The van der Waals surface area contributed by atoms with Gasteiger partial charge in [0.05, 0.1) is 32.9 Å². The highest BCUT2D eigenvalue weighted by atomic mass is 16.5. The SMILES string of the molecule is COc1cccc(C2C(=C([O-])c3ccc(OCc4cccc(C)c4)cc3)C(=O)C(=O)N2CCC[NH+]2CCOCC2)c1. The predicted octanol–water partition coefficient (Wildman–Crippen LogP) is 2.11. The summed E-state index contributed by atoms with van der Waals surface area (Å²) in [5.74, 6) is -0.646. The van der Waals surface area contributed by atoms with Crippen LogP contribution >= 0.6 is 0 Å². The molecule has 2 aliphatic rings. The molecule has 0 bridgehead atoms. The Bertz CT molecular complexity index is 1410. The summed E-state index contributed by atoms with van der Waals surface area (Å²) in [7, 11) is 1.56. The Morgan fingerprint density at radius 2 is 1.76 bits per heavy atom. The van der Waals surface area contributed by atoms with Crippen molar-refractivity contribution in [3.63, 3.8) is 0 Å². The monoisotopic (exact) mass is 556 g/mol. The fraction of sp³-hybridized carbons (Fsp3) is 0.333. The van der Waals surface area contributed by atoms with E-state index >= 15 is 0 Å². The van der Waals surface area contributed by atoms with Crippen LogP contribution in [0.15, 0.2) is 78.4 Å². The van der Waals surface area contributed by atoms with Crippen molar-refractivity contribution >= 4 is 17.4 Å². The smallest absolute Gasteiger partial charge is 0.295 e. The van der Waals surface area contributed by atoms with E-state index in [2.05, 4.69) is 6.07 Å². The molecular weight excluding hydrogens is 520 g/mol. The van der Waals surface area contributed by atoms with E-state index in [1.165, 1.54) is 4.90 Å². The van der Waals surface area contributed by atoms with Crippen LogP contribution in [-0.4, -0.2) is 63.1 Å². The Kier molecular flexibility index (Phi) is 9.01. The maximum absolute atomic E-state index is 13.8. The minimum Gasteiger partial charge on any atom is -0.872 e. The van der Waals surface area contributed by atoms with Gasteiger partial charge in [-0.1, -0.05) is 59.9 Å². The molecule has 3 aromatic rings. The summed E-state index contributed by atoms with van der Waals surface area (Å²) in [6.07, 6.45) is 0.712. The maximum atomic E-state index is 13.8.